The van der Waals surface area contributed by atoms with Gasteiger partial charge in [-0.2, -0.15) is 0 Å². The van der Waals surface area contributed by atoms with E-state index in [0.717, 1.165) is 18.4 Å². The normalized spacial score (nSPS) is 16.7. The maximum absolute atomic E-state index is 13.3. The number of aryl methyl sites for hydroxylation is 1. The molecule has 1 fully saturated rings. The standard InChI is InChI=1S/C28H35NO8/c1-7-8-12-37-20-10-9-18(14-17(20)2)25(30)23-24(29(11-13-33-3)28(32)26(23)31)19-15-21(34-4)27(36-6)22(16-19)35-5/h9-10,14-16,24,30H,7-8,11-13H2,1-6H3/t24-/m1/s1. The molecule has 3 rings (SSSR count). The molecule has 1 amide bonds. The Balaban J connectivity index is 2.17. The molecule has 0 spiro atoms. The molecule has 200 valence electrons. The molecular formula is C28H35NO8. The van der Waals surface area contributed by atoms with Gasteiger partial charge in [0.15, 0.2) is 11.5 Å². The lowest BCUT2D eigenvalue weighted by molar-refractivity contribution is -0.140. The first-order valence-electron chi connectivity index (χ1n) is 12.1. The number of unbranched alkanes of at least 4 members (excludes halogenated alkanes) is 1. The second kappa shape index (κ2) is 12.5. The van der Waals surface area contributed by atoms with Gasteiger partial charge in [-0.05, 0) is 54.8 Å². The van der Waals surface area contributed by atoms with Crippen LogP contribution in [0.2, 0.25) is 0 Å². The van der Waals surface area contributed by atoms with Crippen LogP contribution < -0.4 is 18.9 Å². The van der Waals surface area contributed by atoms with Gasteiger partial charge in [0.05, 0.1) is 46.2 Å². The van der Waals surface area contributed by atoms with E-state index in [1.165, 1.54) is 33.3 Å². The van der Waals surface area contributed by atoms with Crippen LogP contribution in [0.4, 0.5) is 0 Å². The molecule has 0 aliphatic carbocycles. The van der Waals surface area contributed by atoms with E-state index in [2.05, 4.69) is 6.92 Å². The number of aliphatic hydroxyl groups is 1. The third kappa shape index (κ3) is 5.67. The van der Waals surface area contributed by atoms with Crippen molar-refractivity contribution < 1.29 is 38.4 Å². The number of methoxy groups -OCH3 is 4. The lowest BCUT2D eigenvalue weighted by Crippen LogP contribution is -2.32. The molecule has 0 radical (unpaired) electrons. The fraction of sp³-hybridized carbons (Fsp3) is 0.429. The smallest absolute Gasteiger partial charge is 0.295 e. The summed E-state index contributed by atoms with van der Waals surface area (Å²) in [6.45, 7) is 4.89. The number of likely N-dealkylation sites (tertiary alicyclic amines) is 1. The summed E-state index contributed by atoms with van der Waals surface area (Å²) in [6, 6.07) is 7.62. The number of ketones is 1. The third-order valence-corrected chi connectivity index (χ3v) is 6.28. The molecule has 0 bridgehead atoms. The molecule has 1 aliphatic rings. The van der Waals surface area contributed by atoms with E-state index in [4.69, 9.17) is 23.7 Å². The van der Waals surface area contributed by atoms with Gasteiger partial charge in [0.25, 0.3) is 11.7 Å². The van der Waals surface area contributed by atoms with Crippen LogP contribution in [0.3, 0.4) is 0 Å². The van der Waals surface area contributed by atoms with Crippen molar-refractivity contribution in [2.24, 2.45) is 0 Å². The molecular weight excluding hydrogens is 478 g/mol. The fourth-order valence-corrected chi connectivity index (χ4v) is 4.35. The summed E-state index contributed by atoms with van der Waals surface area (Å²) in [5, 5.41) is 11.4. The Morgan fingerprint density at radius 1 is 0.946 bits per heavy atom. The molecule has 1 N–H and O–H groups in total. The van der Waals surface area contributed by atoms with Crippen molar-refractivity contribution in [2.75, 3.05) is 48.2 Å². The summed E-state index contributed by atoms with van der Waals surface area (Å²) in [5.41, 5.74) is 1.69. The number of benzene rings is 2. The highest BCUT2D eigenvalue weighted by Gasteiger charge is 2.46. The van der Waals surface area contributed by atoms with Crippen LogP contribution in [0.1, 0.15) is 42.5 Å². The molecule has 0 saturated carbocycles. The number of nitrogens with zero attached hydrogens (tertiary/aromatic N) is 1. The van der Waals surface area contributed by atoms with Crippen molar-refractivity contribution in [2.45, 2.75) is 32.7 Å². The third-order valence-electron chi connectivity index (χ3n) is 6.28. The Kier molecular flexibility index (Phi) is 9.41. The number of hydrogen-bond acceptors (Lipinski definition) is 8. The van der Waals surface area contributed by atoms with Gasteiger partial charge in [-0.15, -0.1) is 0 Å². The van der Waals surface area contributed by atoms with E-state index in [9.17, 15) is 14.7 Å². The number of aliphatic hydroxyl groups excluding tert-OH is 1. The SMILES string of the molecule is CCCCOc1ccc(C(O)=C2C(=O)C(=O)N(CCOC)[C@@H]2c2cc(OC)c(OC)c(OC)c2)cc1C. The zero-order valence-corrected chi connectivity index (χ0v) is 22.3. The highest BCUT2D eigenvalue weighted by atomic mass is 16.5. The van der Waals surface area contributed by atoms with E-state index in [-0.39, 0.29) is 24.5 Å². The van der Waals surface area contributed by atoms with Gasteiger partial charge in [-0.1, -0.05) is 13.3 Å². The molecule has 1 aliphatic heterocycles. The van der Waals surface area contributed by atoms with E-state index < -0.39 is 17.7 Å². The van der Waals surface area contributed by atoms with Gasteiger partial charge < -0.3 is 33.7 Å². The van der Waals surface area contributed by atoms with Crippen LogP contribution >= 0.6 is 0 Å². The number of rotatable bonds is 12. The zero-order chi connectivity index (χ0) is 27.1. The average molecular weight is 514 g/mol. The summed E-state index contributed by atoms with van der Waals surface area (Å²) in [5.74, 6) is 0.00270. The Labute approximate surface area is 217 Å². The highest BCUT2D eigenvalue weighted by molar-refractivity contribution is 6.46. The maximum atomic E-state index is 13.3. The quantitative estimate of drug-likeness (QED) is 0.194. The minimum absolute atomic E-state index is 0.0329. The highest BCUT2D eigenvalue weighted by Crippen LogP contribution is 2.45. The van der Waals surface area contributed by atoms with Crippen molar-refractivity contribution in [1.82, 2.24) is 4.90 Å². The summed E-state index contributed by atoms with van der Waals surface area (Å²) < 4.78 is 27.4. The Hall–Kier alpha value is -3.72. The molecule has 0 aromatic heterocycles. The number of carbonyl (C=O) groups is 2. The number of Topliss-reactive ketones (excluding diaryl/α,β-unsaturated/α-hetero) is 1. The lowest BCUT2D eigenvalue weighted by atomic mass is 9.94. The largest absolute Gasteiger partial charge is 0.507 e. The molecule has 2 aromatic rings. The Morgan fingerprint density at radius 3 is 2.16 bits per heavy atom. The topological polar surface area (TPSA) is 104 Å². The van der Waals surface area contributed by atoms with E-state index in [0.29, 0.717) is 40.7 Å². The van der Waals surface area contributed by atoms with Crippen LogP contribution in [0.25, 0.3) is 5.76 Å². The van der Waals surface area contributed by atoms with Gasteiger partial charge in [-0.25, -0.2) is 0 Å². The molecule has 1 saturated heterocycles. The molecule has 1 heterocycles. The van der Waals surface area contributed by atoms with Gasteiger partial charge in [0.1, 0.15) is 11.5 Å². The summed E-state index contributed by atoms with van der Waals surface area (Å²) in [4.78, 5) is 27.8. The molecule has 37 heavy (non-hydrogen) atoms. The summed E-state index contributed by atoms with van der Waals surface area (Å²) in [6.07, 6.45) is 1.95. The van der Waals surface area contributed by atoms with Crippen molar-refractivity contribution in [1.29, 1.82) is 0 Å². The van der Waals surface area contributed by atoms with Crippen LogP contribution in [-0.4, -0.2) is 69.9 Å². The van der Waals surface area contributed by atoms with Crippen molar-refractivity contribution in [3.63, 3.8) is 0 Å². The molecule has 9 heteroatoms. The second-order valence-corrected chi connectivity index (χ2v) is 8.63. The first-order chi connectivity index (χ1) is 17.8. The van der Waals surface area contributed by atoms with Crippen molar-refractivity contribution >= 4 is 17.4 Å². The van der Waals surface area contributed by atoms with Crippen molar-refractivity contribution in [3.8, 4) is 23.0 Å². The average Bonchev–Trinajstić information content (AvgIpc) is 3.16. The predicted molar refractivity (Wildman–Crippen MR) is 139 cm³/mol. The van der Waals surface area contributed by atoms with Crippen LogP contribution in [0.15, 0.2) is 35.9 Å². The molecule has 1 atom stereocenters. The minimum Gasteiger partial charge on any atom is -0.507 e. The van der Waals surface area contributed by atoms with Gasteiger partial charge in [0, 0.05) is 19.2 Å². The van der Waals surface area contributed by atoms with Gasteiger partial charge in [-0.3, -0.25) is 9.59 Å². The van der Waals surface area contributed by atoms with Crippen molar-refractivity contribution in [3.05, 3.63) is 52.6 Å². The fourth-order valence-electron chi connectivity index (χ4n) is 4.35. The molecule has 0 unspecified atom stereocenters. The van der Waals surface area contributed by atoms with Crippen LogP contribution in [-0.2, 0) is 14.3 Å². The van der Waals surface area contributed by atoms with Crippen LogP contribution in [0, 0.1) is 6.92 Å². The number of hydrogen-bond donors (Lipinski definition) is 1. The number of amides is 1. The van der Waals surface area contributed by atoms with Crippen LogP contribution in [0.5, 0.6) is 23.0 Å². The Morgan fingerprint density at radius 2 is 1.62 bits per heavy atom. The molecule has 2 aromatic carbocycles. The second-order valence-electron chi connectivity index (χ2n) is 8.63. The number of ether oxygens (including phenoxy) is 5. The monoisotopic (exact) mass is 513 g/mol. The van der Waals surface area contributed by atoms with E-state index in [1.807, 2.05) is 6.92 Å². The summed E-state index contributed by atoms with van der Waals surface area (Å²) >= 11 is 0. The maximum Gasteiger partial charge on any atom is 0.295 e. The first kappa shape index (κ1) is 27.9. The van der Waals surface area contributed by atoms with E-state index >= 15 is 0 Å². The minimum atomic E-state index is -0.898. The zero-order valence-electron chi connectivity index (χ0n) is 22.3. The van der Waals surface area contributed by atoms with Gasteiger partial charge >= 0.3 is 0 Å². The predicted octanol–water partition coefficient (Wildman–Crippen LogP) is 4.27. The summed E-state index contributed by atoms with van der Waals surface area (Å²) in [7, 11) is 5.96. The first-order valence-corrected chi connectivity index (χ1v) is 12.1. The lowest BCUT2D eigenvalue weighted by Gasteiger charge is -2.26. The Bertz CT molecular complexity index is 1150. The number of carbonyl (C=O) groups excluding carboxylic acids is 2. The molecule has 9 nitrogen and oxygen atoms in total. The van der Waals surface area contributed by atoms with E-state index in [1.54, 1.807) is 30.3 Å². The van der Waals surface area contributed by atoms with Gasteiger partial charge in [0.2, 0.25) is 5.75 Å².